The zero-order chi connectivity index (χ0) is 9.69. The molecule has 1 heteroatoms. The van der Waals surface area contributed by atoms with Crippen LogP contribution in [0.1, 0.15) is 33.6 Å². The van der Waals surface area contributed by atoms with E-state index in [1.165, 1.54) is 12.8 Å². The van der Waals surface area contributed by atoms with Gasteiger partial charge in [0, 0.05) is 5.41 Å². The van der Waals surface area contributed by atoms with Crippen LogP contribution in [0.15, 0.2) is 12.2 Å². The third kappa shape index (κ3) is 0.914. The lowest BCUT2D eigenvalue weighted by Crippen LogP contribution is -2.47. The number of aliphatic hydroxyl groups is 1. The third-order valence-electron chi connectivity index (χ3n) is 4.51. The molecule has 0 unspecified atom stereocenters. The van der Waals surface area contributed by atoms with Crippen molar-refractivity contribution in [1.82, 2.24) is 0 Å². The van der Waals surface area contributed by atoms with E-state index in [9.17, 15) is 5.11 Å². The van der Waals surface area contributed by atoms with E-state index in [-0.39, 0.29) is 5.41 Å². The summed E-state index contributed by atoms with van der Waals surface area (Å²) in [6.07, 6.45) is 7.09. The van der Waals surface area contributed by atoms with Crippen LogP contribution in [0.2, 0.25) is 0 Å². The molecule has 13 heavy (non-hydrogen) atoms. The Morgan fingerprint density at radius 1 is 1.46 bits per heavy atom. The van der Waals surface area contributed by atoms with Crippen molar-refractivity contribution in [2.75, 3.05) is 6.61 Å². The summed E-state index contributed by atoms with van der Waals surface area (Å²) in [7, 11) is 0. The van der Waals surface area contributed by atoms with Gasteiger partial charge in [-0.25, -0.2) is 0 Å². The summed E-state index contributed by atoms with van der Waals surface area (Å²) in [4.78, 5) is 0. The number of hydrogen-bond donors (Lipinski definition) is 1. The molecule has 2 aliphatic rings. The van der Waals surface area contributed by atoms with Crippen molar-refractivity contribution < 1.29 is 5.11 Å². The summed E-state index contributed by atoms with van der Waals surface area (Å²) >= 11 is 0. The van der Waals surface area contributed by atoms with Gasteiger partial charge in [0.25, 0.3) is 0 Å². The fourth-order valence-corrected chi connectivity index (χ4v) is 3.44. The highest BCUT2D eigenvalue weighted by molar-refractivity contribution is 5.30. The maximum Gasteiger partial charge on any atom is 0.0533 e. The predicted molar refractivity (Wildman–Crippen MR) is 54.3 cm³/mol. The molecule has 0 spiro atoms. The topological polar surface area (TPSA) is 20.2 Å². The molecule has 3 atom stereocenters. The molecule has 1 nitrogen and oxygen atoms in total. The van der Waals surface area contributed by atoms with Gasteiger partial charge < -0.3 is 5.11 Å². The predicted octanol–water partition coefficient (Wildman–Crippen LogP) is 2.61. The molecule has 0 heterocycles. The second-order valence-electron chi connectivity index (χ2n) is 5.34. The van der Waals surface area contributed by atoms with Crippen LogP contribution >= 0.6 is 0 Å². The molecular formula is C12H20O. The van der Waals surface area contributed by atoms with E-state index in [4.69, 9.17) is 0 Å². The zero-order valence-corrected chi connectivity index (χ0v) is 8.88. The van der Waals surface area contributed by atoms with Crippen molar-refractivity contribution in [2.24, 2.45) is 22.7 Å². The molecule has 74 valence electrons. The summed E-state index contributed by atoms with van der Waals surface area (Å²) < 4.78 is 0. The molecule has 2 rings (SSSR count). The van der Waals surface area contributed by atoms with Crippen LogP contribution in [0.4, 0.5) is 0 Å². The standard InChI is InChI=1S/C12H20O/c1-9(2)10-4-5-11(3)6-7-12(10,11)8-13/h6-7,9-10,13H,4-5,8H2,1-3H3/t10-,11-,12+/m0/s1. The number of rotatable bonds is 2. The van der Waals surface area contributed by atoms with Crippen LogP contribution < -0.4 is 0 Å². The first-order chi connectivity index (χ1) is 6.06. The van der Waals surface area contributed by atoms with E-state index in [1.807, 2.05) is 0 Å². The fourth-order valence-electron chi connectivity index (χ4n) is 3.44. The summed E-state index contributed by atoms with van der Waals surface area (Å²) in [5.41, 5.74) is 0.428. The van der Waals surface area contributed by atoms with Crippen LogP contribution in [0.3, 0.4) is 0 Å². The lowest BCUT2D eigenvalue weighted by atomic mass is 9.54. The minimum absolute atomic E-state index is 0.126. The van der Waals surface area contributed by atoms with Gasteiger partial charge in [0.05, 0.1) is 6.61 Å². The largest absolute Gasteiger partial charge is 0.395 e. The highest BCUT2D eigenvalue weighted by atomic mass is 16.3. The lowest BCUT2D eigenvalue weighted by molar-refractivity contribution is 0.0178. The maximum atomic E-state index is 9.58. The van der Waals surface area contributed by atoms with Crippen LogP contribution in [-0.4, -0.2) is 11.7 Å². The van der Waals surface area contributed by atoms with E-state index in [2.05, 4.69) is 32.9 Å². The Morgan fingerprint density at radius 3 is 2.46 bits per heavy atom. The van der Waals surface area contributed by atoms with Crippen molar-refractivity contribution in [3.05, 3.63) is 12.2 Å². The van der Waals surface area contributed by atoms with Crippen LogP contribution in [-0.2, 0) is 0 Å². The van der Waals surface area contributed by atoms with Crippen LogP contribution in [0.5, 0.6) is 0 Å². The van der Waals surface area contributed by atoms with Gasteiger partial charge in [-0.05, 0) is 30.1 Å². The molecule has 0 radical (unpaired) electrons. The fraction of sp³-hybridized carbons (Fsp3) is 0.833. The van der Waals surface area contributed by atoms with Gasteiger partial charge in [-0.1, -0.05) is 32.9 Å². The zero-order valence-electron chi connectivity index (χ0n) is 8.88. The lowest BCUT2D eigenvalue weighted by Gasteiger charge is -2.50. The van der Waals surface area contributed by atoms with Crippen LogP contribution in [0, 0.1) is 22.7 Å². The van der Waals surface area contributed by atoms with E-state index in [0.717, 1.165) is 0 Å². The summed E-state index contributed by atoms with van der Waals surface area (Å²) in [6, 6.07) is 0. The first-order valence-electron chi connectivity index (χ1n) is 5.37. The summed E-state index contributed by atoms with van der Waals surface area (Å²) in [5, 5.41) is 9.58. The Labute approximate surface area is 80.8 Å². The molecule has 0 saturated heterocycles. The van der Waals surface area contributed by atoms with E-state index in [1.54, 1.807) is 0 Å². The SMILES string of the molecule is CC(C)[C@@H]1CC[C@@]2(C)C=C[C@@]12CO. The molecule has 2 aliphatic carbocycles. The molecule has 1 fully saturated rings. The number of fused-ring (bicyclic) bond motifs is 1. The highest BCUT2D eigenvalue weighted by Crippen LogP contribution is 2.65. The molecule has 1 N–H and O–H groups in total. The summed E-state index contributed by atoms with van der Waals surface area (Å²) in [5.74, 6) is 1.38. The van der Waals surface area contributed by atoms with Crippen molar-refractivity contribution in [3.63, 3.8) is 0 Å². The number of aliphatic hydroxyl groups excluding tert-OH is 1. The second kappa shape index (κ2) is 2.60. The molecule has 1 saturated carbocycles. The van der Waals surface area contributed by atoms with E-state index >= 15 is 0 Å². The Kier molecular flexibility index (Phi) is 1.85. The van der Waals surface area contributed by atoms with Gasteiger partial charge in [0.1, 0.15) is 0 Å². The highest BCUT2D eigenvalue weighted by Gasteiger charge is 2.59. The Bertz CT molecular complexity index is 244. The van der Waals surface area contributed by atoms with Gasteiger partial charge in [-0.3, -0.25) is 0 Å². The van der Waals surface area contributed by atoms with Gasteiger partial charge in [-0.15, -0.1) is 0 Å². The van der Waals surface area contributed by atoms with E-state index in [0.29, 0.717) is 23.9 Å². The average Bonchev–Trinajstić information content (AvgIpc) is 2.26. The Hall–Kier alpha value is -0.300. The van der Waals surface area contributed by atoms with E-state index < -0.39 is 0 Å². The molecule has 0 amide bonds. The Balaban J connectivity index is 2.32. The first kappa shape index (κ1) is 9.26. The minimum Gasteiger partial charge on any atom is -0.395 e. The van der Waals surface area contributed by atoms with Crippen molar-refractivity contribution in [2.45, 2.75) is 33.6 Å². The monoisotopic (exact) mass is 180 g/mol. The maximum absolute atomic E-state index is 9.58. The Morgan fingerprint density at radius 2 is 2.15 bits per heavy atom. The third-order valence-corrected chi connectivity index (χ3v) is 4.51. The van der Waals surface area contributed by atoms with Gasteiger partial charge in [0.15, 0.2) is 0 Å². The van der Waals surface area contributed by atoms with Crippen LogP contribution in [0.25, 0.3) is 0 Å². The van der Waals surface area contributed by atoms with Crippen molar-refractivity contribution in [1.29, 1.82) is 0 Å². The van der Waals surface area contributed by atoms with Gasteiger partial charge >= 0.3 is 0 Å². The normalized spacial score (nSPS) is 47.9. The van der Waals surface area contributed by atoms with Gasteiger partial charge in [-0.2, -0.15) is 0 Å². The second-order valence-corrected chi connectivity index (χ2v) is 5.34. The first-order valence-corrected chi connectivity index (χ1v) is 5.37. The number of hydrogen-bond acceptors (Lipinski definition) is 1. The molecule has 0 aromatic carbocycles. The molecule has 0 bridgehead atoms. The molecular weight excluding hydrogens is 160 g/mol. The summed E-state index contributed by atoms with van der Waals surface area (Å²) in [6.45, 7) is 7.19. The number of allylic oxidation sites excluding steroid dienone is 1. The molecule has 0 aliphatic heterocycles. The molecule has 0 aromatic rings. The van der Waals surface area contributed by atoms with Crippen molar-refractivity contribution in [3.8, 4) is 0 Å². The minimum atomic E-state index is 0.126. The average molecular weight is 180 g/mol. The quantitative estimate of drug-likeness (QED) is 0.648. The van der Waals surface area contributed by atoms with Crippen molar-refractivity contribution >= 4 is 0 Å². The molecule has 0 aromatic heterocycles. The van der Waals surface area contributed by atoms with Gasteiger partial charge in [0.2, 0.25) is 0 Å². The smallest absolute Gasteiger partial charge is 0.0533 e.